The van der Waals surface area contributed by atoms with Crippen LogP contribution in [0.2, 0.25) is 0 Å². The zero-order valence-corrected chi connectivity index (χ0v) is 49.2. The predicted octanol–water partition coefficient (Wildman–Crippen LogP) is 22.3. The van der Waals surface area contributed by atoms with Crippen LogP contribution in [0.1, 0.15) is 387 Å². The van der Waals surface area contributed by atoms with Gasteiger partial charge in [0.15, 0.2) is 6.10 Å². The van der Waals surface area contributed by atoms with Crippen molar-refractivity contribution in [1.82, 2.24) is 0 Å². The second-order valence-corrected chi connectivity index (χ2v) is 22.8. The lowest BCUT2D eigenvalue weighted by molar-refractivity contribution is -0.167. The van der Waals surface area contributed by atoms with Crippen molar-refractivity contribution in [2.75, 3.05) is 13.2 Å². The molecule has 72 heavy (non-hydrogen) atoms. The van der Waals surface area contributed by atoms with E-state index >= 15 is 0 Å². The highest BCUT2D eigenvalue weighted by Gasteiger charge is 2.19. The van der Waals surface area contributed by atoms with Gasteiger partial charge < -0.3 is 14.2 Å². The molecule has 0 aromatic rings. The van der Waals surface area contributed by atoms with Crippen LogP contribution >= 0.6 is 0 Å². The highest BCUT2D eigenvalue weighted by Crippen LogP contribution is 2.19. The Morgan fingerprint density at radius 1 is 0.222 bits per heavy atom. The van der Waals surface area contributed by atoms with Gasteiger partial charge in [0.1, 0.15) is 13.2 Å². The molecule has 0 radical (unpaired) electrons. The van der Waals surface area contributed by atoms with E-state index in [2.05, 4.69) is 20.8 Å². The van der Waals surface area contributed by atoms with Crippen molar-refractivity contribution >= 4 is 17.9 Å². The highest BCUT2D eigenvalue weighted by molar-refractivity contribution is 5.71. The standard InChI is InChI=1S/C66H128O6/c1-4-7-10-13-16-18-20-22-24-26-28-30-32-34-36-38-40-42-44-46-48-50-53-56-59-65(68)71-62-63(61-70-64(67)58-55-52-15-12-9-6-3)72-66(69)60-57-54-51-49-47-45-43-41-39-37-35-33-31-29-27-25-23-21-19-17-14-11-8-5-2/h63H,4-62H2,1-3H3. The average Bonchev–Trinajstić information content (AvgIpc) is 3.38. The van der Waals surface area contributed by atoms with Gasteiger partial charge >= 0.3 is 17.9 Å². The average molecular weight is 1020 g/mol. The SMILES string of the molecule is CCCCCCCCCCCCCCCCCCCCCCCCCCC(=O)OCC(COC(=O)CCCCCCCC)OC(=O)CCCCCCCCCCCCCCCCCCCCCCCCCC. The molecule has 428 valence electrons. The molecule has 0 heterocycles. The van der Waals surface area contributed by atoms with Crippen molar-refractivity contribution < 1.29 is 28.6 Å². The van der Waals surface area contributed by atoms with Crippen molar-refractivity contribution in [3.8, 4) is 0 Å². The number of hydrogen-bond donors (Lipinski definition) is 0. The van der Waals surface area contributed by atoms with Crippen LogP contribution in [-0.2, 0) is 28.6 Å². The number of esters is 3. The fraction of sp³-hybridized carbons (Fsp3) is 0.955. The summed E-state index contributed by atoms with van der Waals surface area (Å²) in [7, 11) is 0. The molecule has 0 aliphatic rings. The molecule has 0 aliphatic heterocycles. The molecule has 0 saturated carbocycles. The van der Waals surface area contributed by atoms with Gasteiger partial charge in [0.2, 0.25) is 0 Å². The van der Waals surface area contributed by atoms with Gasteiger partial charge in [0, 0.05) is 19.3 Å². The normalized spacial score (nSPS) is 11.9. The fourth-order valence-corrected chi connectivity index (χ4v) is 10.4. The molecule has 0 fully saturated rings. The second kappa shape index (κ2) is 62.0. The minimum Gasteiger partial charge on any atom is -0.462 e. The van der Waals surface area contributed by atoms with Crippen LogP contribution in [0.3, 0.4) is 0 Å². The first-order chi connectivity index (χ1) is 35.5. The maximum Gasteiger partial charge on any atom is 0.306 e. The van der Waals surface area contributed by atoms with Crippen molar-refractivity contribution in [1.29, 1.82) is 0 Å². The molecule has 6 heteroatoms. The largest absolute Gasteiger partial charge is 0.462 e. The molecule has 6 nitrogen and oxygen atoms in total. The Kier molecular flexibility index (Phi) is 60.6. The summed E-state index contributed by atoms with van der Waals surface area (Å²) in [5.74, 6) is -0.840. The van der Waals surface area contributed by atoms with E-state index in [0.29, 0.717) is 19.3 Å². The summed E-state index contributed by atoms with van der Waals surface area (Å²) < 4.78 is 16.8. The van der Waals surface area contributed by atoms with Crippen LogP contribution in [0, 0.1) is 0 Å². The van der Waals surface area contributed by atoms with E-state index in [4.69, 9.17) is 14.2 Å². The van der Waals surface area contributed by atoms with E-state index in [1.165, 1.54) is 289 Å². The van der Waals surface area contributed by atoms with Gasteiger partial charge in [-0.1, -0.05) is 348 Å². The Balaban J connectivity index is 3.99. The first kappa shape index (κ1) is 70.4. The molecule has 0 amide bonds. The Hall–Kier alpha value is -1.59. The third-order valence-corrected chi connectivity index (χ3v) is 15.4. The maximum absolute atomic E-state index is 12.9. The molecule has 1 atom stereocenters. The van der Waals surface area contributed by atoms with Gasteiger partial charge in [0.25, 0.3) is 0 Å². The maximum atomic E-state index is 12.9. The van der Waals surface area contributed by atoms with Crippen LogP contribution in [0.4, 0.5) is 0 Å². The van der Waals surface area contributed by atoms with E-state index < -0.39 is 6.10 Å². The number of carbonyl (C=O) groups is 3. The molecule has 0 spiro atoms. The minimum atomic E-state index is -0.761. The Bertz CT molecular complexity index is 1080. The molecule has 0 aromatic carbocycles. The monoisotopic (exact) mass is 1020 g/mol. The molecule has 0 aliphatic carbocycles. The van der Waals surface area contributed by atoms with E-state index in [9.17, 15) is 14.4 Å². The molecular formula is C66H128O6. The third kappa shape index (κ3) is 59.3. The van der Waals surface area contributed by atoms with E-state index in [1.54, 1.807) is 0 Å². The zero-order chi connectivity index (χ0) is 52.2. The summed E-state index contributed by atoms with van der Waals surface area (Å²) in [4.78, 5) is 38.0. The molecule has 1 unspecified atom stereocenters. The van der Waals surface area contributed by atoms with Gasteiger partial charge in [-0.05, 0) is 19.3 Å². The highest BCUT2D eigenvalue weighted by atomic mass is 16.6. The Morgan fingerprint density at radius 3 is 0.556 bits per heavy atom. The minimum absolute atomic E-state index is 0.0618. The lowest BCUT2D eigenvalue weighted by atomic mass is 10.0. The van der Waals surface area contributed by atoms with Gasteiger partial charge in [-0.25, -0.2) is 0 Å². The molecular weight excluding hydrogens is 889 g/mol. The molecule has 0 saturated heterocycles. The topological polar surface area (TPSA) is 78.9 Å². The van der Waals surface area contributed by atoms with Crippen molar-refractivity contribution in [2.45, 2.75) is 393 Å². The molecule has 0 aromatic heterocycles. The lowest BCUT2D eigenvalue weighted by Gasteiger charge is -2.18. The number of rotatable bonds is 62. The first-order valence-corrected chi connectivity index (χ1v) is 33.0. The van der Waals surface area contributed by atoms with Crippen LogP contribution in [-0.4, -0.2) is 37.2 Å². The molecule has 0 rings (SSSR count). The van der Waals surface area contributed by atoms with Gasteiger partial charge in [-0.2, -0.15) is 0 Å². The smallest absolute Gasteiger partial charge is 0.306 e. The third-order valence-electron chi connectivity index (χ3n) is 15.4. The second-order valence-electron chi connectivity index (χ2n) is 22.8. The van der Waals surface area contributed by atoms with Crippen LogP contribution in [0.15, 0.2) is 0 Å². The number of carbonyl (C=O) groups excluding carboxylic acids is 3. The van der Waals surface area contributed by atoms with Gasteiger partial charge in [-0.15, -0.1) is 0 Å². The zero-order valence-electron chi connectivity index (χ0n) is 49.2. The lowest BCUT2D eigenvalue weighted by Crippen LogP contribution is -2.30. The number of unbranched alkanes of at least 4 members (excludes halogenated alkanes) is 51. The summed E-state index contributed by atoms with van der Waals surface area (Å²) in [5, 5.41) is 0. The van der Waals surface area contributed by atoms with Gasteiger partial charge in [-0.3, -0.25) is 14.4 Å². The van der Waals surface area contributed by atoms with Crippen LogP contribution in [0.25, 0.3) is 0 Å². The van der Waals surface area contributed by atoms with Crippen molar-refractivity contribution in [3.05, 3.63) is 0 Å². The van der Waals surface area contributed by atoms with Crippen molar-refractivity contribution in [2.24, 2.45) is 0 Å². The van der Waals surface area contributed by atoms with E-state index in [-0.39, 0.29) is 31.1 Å². The Labute approximate surface area is 450 Å². The first-order valence-electron chi connectivity index (χ1n) is 33.0. The molecule has 0 N–H and O–H groups in total. The predicted molar refractivity (Wildman–Crippen MR) is 312 cm³/mol. The van der Waals surface area contributed by atoms with Crippen molar-refractivity contribution in [3.63, 3.8) is 0 Å². The van der Waals surface area contributed by atoms with E-state index in [1.807, 2.05) is 0 Å². The quantitative estimate of drug-likeness (QED) is 0.0343. The Morgan fingerprint density at radius 2 is 0.375 bits per heavy atom. The molecule has 0 bridgehead atoms. The summed E-state index contributed by atoms with van der Waals surface area (Å²) in [6.45, 7) is 6.67. The summed E-state index contributed by atoms with van der Waals surface area (Å²) in [6, 6.07) is 0. The van der Waals surface area contributed by atoms with E-state index in [0.717, 1.165) is 57.8 Å². The van der Waals surface area contributed by atoms with Crippen LogP contribution in [0.5, 0.6) is 0 Å². The number of ether oxygens (including phenoxy) is 3. The summed E-state index contributed by atoms with van der Waals surface area (Å²) >= 11 is 0. The fourth-order valence-electron chi connectivity index (χ4n) is 10.4. The van der Waals surface area contributed by atoms with Crippen LogP contribution < -0.4 is 0 Å². The summed E-state index contributed by atoms with van der Waals surface area (Å²) in [5.41, 5.74) is 0. The number of hydrogen-bond acceptors (Lipinski definition) is 6. The van der Waals surface area contributed by atoms with Gasteiger partial charge in [0.05, 0.1) is 0 Å². The summed E-state index contributed by atoms with van der Waals surface area (Å²) in [6.07, 6.45) is 71.6.